The van der Waals surface area contributed by atoms with Gasteiger partial charge in [0.1, 0.15) is 6.61 Å². The predicted octanol–water partition coefficient (Wildman–Crippen LogP) is 2.94. The van der Waals surface area contributed by atoms with Gasteiger partial charge in [-0.3, -0.25) is 14.5 Å². The Morgan fingerprint density at radius 3 is 1.72 bits per heavy atom. The summed E-state index contributed by atoms with van der Waals surface area (Å²) >= 11 is 0. The van der Waals surface area contributed by atoms with E-state index in [0.717, 1.165) is 32.9 Å². The minimum atomic E-state index is -1.66. The molecule has 0 radical (unpaired) electrons. The number of carbonyl (C=O) groups excluding carboxylic acids is 3. The lowest BCUT2D eigenvalue weighted by molar-refractivity contribution is -0.167. The average molecular weight is 582 g/mol. The van der Waals surface area contributed by atoms with Gasteiger partial charge in [0, 0.05) is 34.2 Å². The molecule has 4 atom stereocenters. The number of amides is 2. The molecule has 2 heterocycles. The third-order valence-electron chi connectivity index (χ3n) is 7.54. The number of carbonyl (C=O) groups is 3. The molecule has 2 aromatic heterocycles. The summed E-state index contributed by atoms with van der Waals surface area (Å²) in [5, 5.41) is 12.5. The second kappa shape index (κ2) is 13.0. The lowest BCUT2D eigenvalue weighted by Gasteiger charge is -2.33. The van der Waals surface area contributed by atoms with E-state index in [-0.39, 0.29) is 19.4 Å². The second-order valence-corrected chi connectivity index (χ2v) is 10.7. The smallest absolute Gasteiger partial charge is 0.332 e. The molecule has 43 heavy (non-hydrogen) atoms. The van der Waals surface area contributed by atoms with Gasteiger partial charge in [-0.15, -0.1) is 0 Å². The first-order chi connectivity index (χ1) is 20.7. The van der Waals surface area contributed by atoms with Crippen LogP contribution in [0.25, 0.3) is 21.8 Å². The Kier molecular flexibility index (Phi) is 9.01. The summed E-state index contributed by atoms with van der Waals surface area (Å²) in [7, 11) is 0. The summed E-state index contributed by atoms with van der Waals surface area (Å²) in [6.45, 7) is 1.21. The number of aromatic nitrogens is 2. The molecule has 5 rings (SSSR count). The predicted molar refractivity (Wildman–Crippen MR) is 164 cm³/mol. The number of hydrogen-bond donors (Lipinski definition) is 5. The van der Waals surface area contributed by atoms with E-state index in [2.05, 4.69) is 9.97 Å². The molecule has 5 aromatic rings. The zero-order chi connectivity index (χ0) is 30.5. The minimum Gasteiger partial charge on any atom is -0.459 e. The number of nitrogens with zero attached hydrogens (tertiary/aromatic N) is 1. The van der Waals surface area contributed by atoms with Crippen molar-refractivity contribution in [2.75, 3.05) is 0 Å². The molecule has 0 aliphatic rings. The highest BCUT2D eigenvalue weighted by molar-refractivity contribution is 6.04. The number of aliphatic hydroxyl groups excluding tert-OH is 1. The fraction of sp³-hybridized carbons (Fsp3) is 0.242. The number of rotatable bonds is 11. The molecule has 2 amide bonds. The van der Waals surface area contributed by atoms with Crippen molar-refractivity contribution in [1.29, 1.82) is 0 Å². The lowest BCUT2D eigenvalue weighted by Crippen LogP contribution is -2.61. The molecule has 0 fully saturated rings. The summed E-state index contributed by atoms with van der Waals surface area (Å²) in [5.74, 6) is -2.63. The van der Waals surface area contributed by atoms with Crippen LogP contribution in [0.4, 0.5) is 0 Å². The van der Waals surface area contributed by atoms with E-state index < -0.39 is 42.0 Å². The number of nitrogens with one attached hydrogen (secondary N) is 2. The first-order valence-corrected chi connectivity index (χ1v) is 14.1. The van der Waals surface area contributed by atoms with Crippen molar-refractivity contribution in [3.63, 3.8) is 0 Å². The molecule has 0 aliphatic heterocycles. The monoisotopic (exact) mass is 581 g/mol. The Hall–Kier alpha value is -4.77. The summed E-state index contributed by atoms with van der Waals surface area (Å²) < 4.78 is 5.48. The van der Waals surface area contributed by atoms with Crippen LogP contribution >= 0.6 is 0 Å². The van der Waals surface area contributed by atoms with Crippen molar-refractivity contribution in [1.82, 2.24) is 14.9 Å². The molecule has 0 unspecified atom stereocenters. The molecular weight excluding hydrogens is 546 g/mol. The highest BCUT2D eigenvalue weighted by Gasteiger charge is 2.42. The van der Waals surface area contributed by atoms with Crippen LogP contribution in [-0.2, 0) is 38.6 Å². The van der Waals surface area contributed by atoms with Gasteiger partial charge < -0.3 is 31.3 Å². The van der Waals surface area contributed by atoms with Crippen molar-refractivity contribution in [3.8, 4) is 0 Å². The number of ether oxygens (including phenoxy) is 1. The van der Waals surface area contributed by atoms with Gasteiger partial charge in [-0.1, -0.05) is 66.7 Å². The summed E-state index contributed by atoms with van der Waals surface area (Å²) in [4.78, 5) is 48.4. The van der Waals surface area contributed by atoms with Gasteiger partial charge in [-0.25, -0.2) is 4.79 Å². The maximum absolute atomic E-state index is 14.0. The second-order valence-electron chi connectivity index (χ2n) is 10.7. The van der Waals surface area contributed by atoms with Crippen LogP contribution in [0.3, 0.4) is 0 Å². The molecule has 222 valence electrons. The van der Waals surface area contributed by atoms with E-state index in [9.17, 15) is 19.5 Å². The number of imide groups is 1. The number of esters is 1. The van der Waals surface area contributed by atoms with Crippen molar-refractivity contribution >= 4 is 39.6 Å². The zero-order valence-corrected chi connectivity index (χ0v) is 23.8. The molecule has 0 bridgehead atoms. The molecule has 0 saturated carbocycles. The van der Waals surface area contributed by atoms with E-state index >= 15 is 0 Å². The van der Waals surface area contributed by atoms with Gasteiger partial charge in [0.2, 0.25) is 11.8 Å². The van der Waals surface area contributed by atoms with Crippen molar-refractivity contribution in [2.45, 2.75) is 50.6 Å². The lowest BCUT2D eigenvalue weighted by atomic mass is 10.00. The van der Waals surface area contributed by atoms with E-state index in [4.69, 9.17) is 16.2 Å². The number of benzene rings is 3. The van der Waals surface area contributed by atoms with Gasteiger partial charge in [-0.05, 0) is 48.6 Å². The Morgan fingerprint density at radius 1 is 0.767 bits per heavy atom. The molecule has 3 aromatic carbocycles. The summed E-state index contributed by atoms with van der Waals surface area (Å²) in [6, 6.07) is 20.0. The van der Waals surface area contributed by atoms with Crippen LogP contribution in [0, 0.1) is 0 Å². The molecule has 7 N–H and O–H groups in total. The maximum atomic E-state index is 14.0. The third-order valence-corrected chi connectivity index (χ3v) is 7.54. The van der Waals surface area contributed by atoms with Crippen molar-refractivity contribution < 1.29 is 24.2 Å². The molecule has 0 saturated heterocycles. The SMILES string of the molecule is C[C@@H](O)[C@@H](C(=O)OCc1ccccc1)N(C(=O)[C@@H](N)Cc1c[nH]c2ccccc12)C(=O)[C@@H](N)Cc1c[nH]c2ccccc12. The number of aromatic amines is 2. The molecule has 0 aliphatic carbocycles. The Morgan fingerprint density at radius 2 is 1.23 bits per heavy atom. The highest BCUT2D eigenvalue weighted by atomic mass is 16.5. The molecule has 0 spiro atoms. The first kappa shape index (κ1) is 29.7. The largest absolute Gasteiger partial charge is 0.459 e. The fourth-order valence-electron chi connectivity index (χ4n) is 5.32. The highest BCUT2D eigenvalue weighted by Crippen LogP contribution is 2.22. The van der Waals surface area contributed by atoms with E-state index in [1.54, 1.807) is 36.7 Å². The number of para-hydroxylation sites is 2. The van der Waals surface area contributed by atoms with Crippen LogP contribution in [0.5, 0.6) is 0 Å². The Bertz CT molecular complexity index is 1630. The van der Waals surface area contributed by atoms with Crippen LogP contribution in [-0.4, -0.2) is 62.0 Å². The van der Waals surface area contributed by atoms with E-state index in [1.807, 2.05) is 54.6 Å². The van der Waals surface area contributed by atoms with Gasteiger partial charge in [0.25, 0.3) is 0 Å². The van der Waals surface area contributed by atoms with Crippen molar-refractivity contribution in [2.24, 2.45) is 11.5 Å². The van der Waals surface area contributed by atoms with Crippen LogP contribution in [0.15, 0.2) is 91.3 Å². The number of hydrogen-bond acceptors (Lipinski definition) is 7. The van der Waals surface area contributed by atoms with Crippen LogP contribution < -0.4 is 11.5 Å². The van der Waals surface area contributed by atoms with Gasteiger partial charge in [0.15, 0.2) is 6.04 Å². The first-order valence-electron chi connectivity index (χ1n) is 14.1. The number of nitrogens with two attached hydrogens (primary N) is 2. The normalized spacial score (nSPS) is 14.2. The average Bonchev–Trinajstić information content (AvgIpc) is 3.62. The van der Waals surface area contributed by atoms with Gasteiger partial charge in [-0.2, -0.15) is 0 Å². The topological polar surface area (TPSA) is 168 Å². The number of aliphatic hydroxyl groups is 1. The fourth-order valence-corrected chi connectivity index (χ4v) is 5.32. The minimum absolute atomic E-state index is 0.0793. The number of fused-ring (bicyclic) bond motifs is 2. The maximum Gasteiger partial charge on any atom is 0.332 e. The standard InChI is InChI=1S/C33H35N5O5/c1-20(39)30(33(42)43-19-21-9-3-2-4-10-21)38(31(40)26(34)15-22-17-36-28-13-7-5-11-24(22)28)32(41)27(35)16-23-18-37-29-14-8-6-12-25(23)29/h2-14,17-18,20,26-27,30,36-37,39H,15-16,19,34-35H2,1H3/t20-,26+,27+,30+/m1/s1. The zero-order valence-electron chi connectivity index (χ0n) is 23.8. The van der Waals surface area contributed by atoms with Gasteiger partial charge >= 0.3 is 5.97 Å². The van der Waals surface area contributed by atoms with Gasteiger partial charge in [0.05, 0.1) is 18.2 Å². The molecular formula is C33H35N5O5. The van der Waals surface area contributed by atoms with E-state index in [0.29, 0.717) is 10.5 Å². The van der Waals surface area contributed by atoms with Crippen LogP contribution in [0.1, 0.15) is 23.6 Å². The number of H-pyrrole nitrogens is 2. The summed E-state index contributed by atoms with van der Waals surface area (Å²) in [5.41, 5.74) is 16.8. The van der Waals surface area contributed by atoms with Crippen molar-refractivity contribution in [3.05, 3.63) is 108 Å². The molecule has 10 heteroatoms. The third kappa shape index (κ3) is 6.51. The van der Waals surface area contributed by atoms with Crippen LogP contribution in [0.2, 0.25) is 0 Å². The molecule has 10 nitrogen and oxygen atoms in total. The quantitative estimate of drug-likeness (QED) is 0.149. The van der Waals surface area contributed by atoms with E-state index in [1.165, 1.54) is 6.92 Å². The Balaban J connectivity index is 1.43. The summed E-state index contributed by atoms with van der Waals surface area (Å²) in [6.07, 6.45) is 2.21. The Labute approximate surface area is 248 Å².